The van der Waals surface area contributed by atoms with Gasteiger partial charge in [-0.15, -0.1) is 0 Å². The Bertz CT molecular complexity index is 597. The average molecular weight is 286 g/mol. The predicted molar refractivity (Wildman–Crippen MR) is 84.8 cm³/mol. The monoisotopic (exact) mass is 286 g/mol. The van der Waals surface area contributed by atoms with Gasteiger partial charge in [0, 0.05) is 23.5 Å². The van der Waals surface area contributed by atoms with Crippen LogP contribution in [0, 0.1) is 26.6 Å². The molecule has 112 valence electrons. The average Bonchev–Trinajstić information content (AvgIpc) is 2.37. The standard InChI is InChI=1S/C18H23FN2/c1-11-10-12(2)20-14(4)18(11)15(5)21-13(3)16-6-8-17(19)9-7-16/h6-10,13,15,21H,1-5H3/t13-,15?/m0/s1. The summed E-state index contributed by atoms with van der Waals surface area (Å²) < 4.78 is 13.0. The molecule has 2 nitrogen and oxygen atoms in total. The molecule has 0 amide bonds. The van der Waals surface area contributed by atoms with E-state index in [0.29, 0.717) is 0 Å². The highest BCUT2D eigenvalue weighted by molar-refractivity contribution is 5.33. The van der Waals surface area contributed by atoms with Crippen LogP contribution in [0.3, 0.4) is 0 Å². The van der Waals surface area contributed by atoms with Gasteiger partial charge in [-0.05, 0) is 69.5 Å². The van der Waals surface area contributed by atoms with Gasteiger partial charge >= 0.3 is 0 Å². The summed E-state index contributed by atoms with van der Waals surface area (Å²) in [4.78, 5) is 4.56. The molecule has 0 radical (unpaired) electrons. The fraction of sp³-hybridized carbons (Fsp3) is 0.389. The van der Waals surface area contributed by atoms with Crippen LogP contribution in [-0.4, -0.2) is 4.98 Å². The molecule has 1 aromatic heterocycles. The fourth-order valence-electron chi connectivity index (χ4n) is 2.99. The summed E-state index contributed by atoms with van der Waals surface area (Å²) in [7, 11) is 0. The molecule has 1 aromatic carbocycles. The van der Waals surface area contributed by atoms with Crippen LogP contribution in [0.15, 0.2) is 30.3 Å². The number of nitrogens with zero attached hydrogens (tertiary/aromatic N) is 1. The zero-order chi connectivity index (χ0) is 15.6. The zero-order valence-electron chi connectivity index (χ0n) is 13.4. The number of pyridine rings is 1. The summed E-state index contributed by atoms with van der Waals surface area (Å²) >= 11 is 0. The first-order valence-corrected chi connectivity index (χ1v) is 7.34. The number of hydrogen-bond acceptors (Lipinski definition) is 2. The molecular formula is C18H23FN2. The Balaban J connectivity index is 2.18. The molecule has 0 aliphatic heterocycles. The number of benzene rings is 1. The van der Waals surface area contributed by atoms with Crippen molar-refractivity contribution in [2.24, 2.45) is 0 Å². The Morgan fingerprint density at radius 1 is 1.00 bits per heavy atom. The molecular weight excluding hydrogens is 263 g/mol. The number of halogens is 1. The lowest BCUT2D eigenvalue weighted by atomic mass is 9.98. The highest BCUT2D eigenvalue weighted by Crippen LogP contribution is 2.24. The summed E-state index contributed by atoms with van der Waals surface area (Å²) in [5.41, 5.74) is 5.70. The van der Waals surface area contributed by atoms with Gasteiger partial charge in [-0.2, -0.15) is 0 Å². The number of nitrogens with one attached hydrogen (secondary N) is 1. The van der Waals surface area contributed by atoms with E-state index >= 15 is 0 Å². The van der Waals surface area contributed by atoms with E-state index < -0.39 is 0 Å². The van der Waals surface area contributed by atoms with E-state index in [2.05, 4.69) is 44.1 Å². The van der Waals surface area contributed by atoms with Crippen molar-refractivity contribution in [2.75, 3.05) is 0 Å². The molecule has 0 saturated carbocycles. The van der Waals surface area contributed by atoms with E-state index in [1.54, 1.807) is 0 Å². The maximum absolute atomic E-state index is 13.0. The van der Waals surface area contributed by atoms with Gasteiger partial charge in [-0.1, -0.05) is 12.1 Å². The Hall–Kier alpha value is -1.74. The van der Waals surface area contributed by atoms with Crippen molar-refractivity contribution < 1.29 is 4.39 Å². The molecule has 0 aliphatic rings. The third-order valence-electron chi connectivity index (χ3n) is 3.89. The lowest BCUT2D eigenvalue weighted by molar-refractivity contribution is 0.489. The Morgan fingerprint density at radius 2 is 1.62 bits per heavy atom. The van der Waals surface area contributed by atoms with Crippen LogP contribution in [0.25, 0.3) is 0 Å². The molecule has 0 spiro atoms. The Labute approximate surface area is 126 Å². The highest BCUT2D eigenvalue weighted by atomic mass is 19.1. The number of aromatic nitrogens is 1. The molecule has 3 heteroatoms. The number of aryl methyl sites for hydroxylation is 3. The van der Waals surface area contributed by atoms with Gasteiger partial charge in [0.1, 0.15) is 5.82 Å². The largest absolute Gasteiger partial charge is 0.304 e. The van der Waals surface area contributed by atoms with E-state index in [-0.39, 0.29) is 17.9 Å². The van der Waals surface area contributed by atoms with Crippen LogP contribution >= 0.6 is 0 Å². The lowest BCUT2D eigenvalue weighted by Crippen LogP contribution is -2.24. The van der Waals surface area contributed by atoms with Gasteiger partial charge in [0.15, 0.2) is 0 Å². The molecule has 0 fully saturated rings. The van der Waals surface area contributed by atoms with Crippen LogP contribution < -0.4 is 5.32 Å². The van der Waals surface area contributed by atoms with Gasteiger partial charge in [0.2, 0.25) is 0 Å². The second-order valence-corrected chi connectivity index (χ2v) is 5.74. The molecule has 2 atom stereocenters. The lowest BCUT2D eigenvalue weighted by Gasteiger charge is -2.23. The zero-order valence-corrected chi connectivity index (χ0v) is 13.4. The fourth-order valence-corrected chi connectivity index (χ4v) is 2.99. The third-order valence-corrected chi connectivity index (χ3v) is 3.89. The van der Waals surface area contributed by atoms with Gasteiger partial charge in [-0.25, -0.2) is 4.39 Å². The molecule has 1 N–H and O–H groups in total. The topological polar surface area (TPSA) is 24.9 Å². The van der Waals surface area contributed by atoms with E-state index in [0.717, 1.165) is 17.0 Å². The normalized spacial score (nSPS) is 14.0. The van der Waals surface area contributed by atoms with Crippen molar-refractivity contribution in [1.82, 2.24) is 10.3 Å². The van der Waals surface area contributed by atoms with E-state index in [4.69, 9.17) is 0 Å². The van der Waals surface area contributed by atoms with Gasteiger partial charge in [0.25, 0.3) is 0 Å². The van der Waals surface area contributed by atoms with Crippen molar-refractivity contribution >= 4 is 0 Å². The van der Waals surface area contributed by atoms with E-state index in [1.807, 2.05) is 19.1 Å². The van der Waals surface area contributed by atoms with Crippen LogP contribution in [0.1, 0.15) is 54.0 Å². The van der Waals surface area contributed by atoms with Crippen LogP contribution in [-0.2, 0) is 0 Å². The predicted octanol–water partition coefficient (Wildman–Crippen LogP) is 4.56. The third kappa shape index (κ3) is 3.67. The molecule has 1 unspecified atom stereocenters. The first kappa shape index (κ1) is 15.6. The maximum atomic E-state index is 13.0. The van der Waals surface area contributed by atoms with Gasteiger partial charge in [-0.3, -0.25) is 4.98 Å². The first-order valence-electron chi connectivity index (χ1n) is 7.34. The van der Waals surface area contributed by atoms with Crippen molar-refractivity contribution in [3.05, 3.63) is 64.2 Å². The first-order chi connectivity index (χ1) is 9.88. The summed E-state index contributed by atoms with van der Waals surface area (Å²) in [6, 6.07) is 9.12. The quantitative estimate of drug-likeness (QED) is 0.891. The summed E-state index contributed by atoms with van der Waals surface area (Å²) in [6.07, 6.45) is 0. The van der Waals surface area contributed by atoms with Crippen LogP contribution in [0.4, 0.5) is 4.39 Å². The van der Waals surface area contributed by atoms with Crippen LogP contribution in [0.2, 0.25) is 0 Å². The Kier molecular flexibility index (Phi) is 4.73. The molecule has 21 heavy (non-hydrogen) atoms. The second-order valence-electron chi connectivity index (χ2n) is 5.74. The van der Waals surface area contributed by atoms with Crippen LogP contribution in [0.5, 0.6) is 0 Å². The van der Waals surface area contributed by atoms with Crippen molar-refractivity contribution in [3.8, 4) is 0 Å². The van der Waals surface area contributed by atoms with Gasteiger partial charge in [0.05, 0.1) is 0 Å². The molecule has 0 aliphatic carbocycles. The summed E-state index contributed by atoms with van der Waals surface area (Å²) in [5.74, 6) is -0.201. The van der Waals surface area contributed by atoms with Crippen molar-refractivity contribution in [3.63, 3.8) is 0 Å². The highest BCUT2D eigenvalue weighted by Gasteiger charge is 2.16. The number of rotatable bonds is 4. The molecule has 2 aromatic rings. The van der Waals surface area contributed by atoms with E-state index in [1.165, 1.54) is 23.3 Å². The smallest absolute Gasteiger partial charge is 0.123 e. The molecule has 0 saturated heterocycles. The maximum Gasteiger partial charge on any atom is 0.123 e. The molecule has 0 bridgehead atoms. The summed E-state index contributed by atoms with van der Waals surface area (Å²) in [5, 5.41) is 3.57. The molecule has 2 rings (SSSR count). The second kappa shape index (κ2) is 6.35. The Morgan fingerprint density at radius 3 is 2.19 bits per heavy atom. The minimum atomic E-state index is -0.201. The minimum absolute atomic E-state index is 0.153. The van der Waals surface area contributed by atoms with Gasteiger partial charge < -0.3 is 5.32 Å². The molecule has 1 heterocycles. The van der Waals surface area contributed by atoms with Crippen molar-refractivity contribution in [2.45, 2.75) is 46.7 Å². The van der Waals surface area contributed by atoms with E-state index in [9.17, 15) is 4.39 Å². The summed E-state index contributed by atoms with van der Waals surface area (Å²) in [6.45, 7) is 10.4. The number of hydrogen-bond donors (Lipinski definition) is 1. The van der Waals surface area contributed by atoms with Crippen molar-refractivity contribution in [1.29, 1.82) is 0 Å². The SMILES string of the molecule is Cc1cc(C)c(C(C)N[C@@H](C)c2ccc(F)cc2)c(C)n1. The minimum Gasteiger partial charge on any atom is -0.304 e.